The van der Waals surface area contributed by atoms with Gasteiger partial charge in [0.25, 0.3) is 0 Å². The minimum absolute atomic E-state index is 0.0647. The lowest BCUT2D eigenvalue weighted by Crippen LogP contribution is -2.65. The molecule has 0 N–H and O–H groups in total. The van der Waals surface area contributed by atoms with Crippen molar-refractivity contribution in [2.75, 3.05) is 42.7 Å². The van der Waals surface area contributed by atoms with Crippen LogP contribution in [0.25, 0.3) is 20.4 Å². The number of rotatable bonds is 17. The zero-order valence-corrected chi connectivity index (χ0v) is 36.5. The molecule has 50 heavy (non-hydrogen) atoms. The van der Waals surface area contributed by atoms with E-state index in [1.165, 1.54) is 0 Å². The van der Waals surface area contributed by atoms with Crippen LogP contribution in [0.5, 0.6) is 0 Å². The number of aromatic nitrogens is 2. The van der Waals surface area contributed by atoms with Gasteiger partial charge in [-0.25, -0.2) is 9.97 Å². The highest BCUT2D eigenvalue weighted by Gasteiger charge is 2.66. The molecule has 266 valence electrons. The van der Waals surface area contributed by atoms with Crippen molar-refractivity contribution in [1.29, 1.82) is 0 Å². The monoisotopic (exact) mass is 856 g/mol. The quantitative estimate of drug-likeness (QED) is 0.0574. The number of allylic oxidation sites excluding steroid dienone is 6. The molecule has 4 unspecified atom stereocenters. The van der Waals surface area contributed by atoms with Gasteiger partial charge in [-0.2, -0.15) is 0 Å². The number of fused-ring (bicyclic) bond motifs is 2. The molecule has 0 spiro atoms. The predicted molar refractivity (Wildman–Crippen MR) is 226 cm³/mol. The molecule has 0 amide bonds. The molecule has 18 heteroatoms. The van der Waals surface area contributed by atoms with E-state index in [1.807, 2.05) is 48.6 Å². The normalized spacial score (nSPS) is 23.8. The predicted octanol–water partition coefficient (Wildman–Crippen LogP) is 9.88. The van der Waals surface area contributed by atoms with Crippen LogP contribution in [0, 0.1) is 0 Å². The van der Waals surface area contributed by atoms with E-state index in [-0.39, 0.29) is 10.5 Å². The second kappa shape index (κ2) is 17.3. The largest absolute Gasteiger partial charge is 0.519 e. The van der Waals surface area contributed by atoms with Gasteiger partial charge in [0.1, 0.15) is 20.1 Å². The molecule has 2 heterocycles. The van der Waals surface area contributed by atoms with Crippen molar-refractivity contribution in [3.63, 3.8) is 0 Å². The van der Waals surface area contributed by atoms with Crippen LogP contribution < -0.4 is 0 Å². The second-order valence-corrected chi connectivity index (χ2v) is 28.9. The lowest BCUT2D eigenvalue weighted by Gasteiger charge is -2.44. The summed E-state index contributed by atoms with van der Waals surface area (Å²) < 4.78 is 39.4. The smallest absolute Gasteiger partial charge is 0.376 e. The van der Waals surface area contributed by atoms with Crippen LogP contribution >= 0.6 is 83.6 Å². The van der Waals surface area contributed by atoms with E-state index in [1.54, 1.807) is 126 Å². The third-order valence-electron chi connectivity index (χ3n) is 8.70. The molecule has 4 aromatic rings. The van der Waals surface area contributed by atoms with Crippen LogP contribution in [0.15, 0.2) is 97.1 Å². The van der Waals surface area contributed by atoms with E-state index in [4.69, 9.17) is 36.5 Å². The fourth-order valence-corrected chi connectivity index (χ4v) is 29.2. The van der Waals surface area contributed by atoms with Crippen LogP contribution in [-0.4, -0.2) is 80.7 Å². The Morgan fingerprint density at radius 3 is 1.28 bits per heavy atom. The molecule has 2 aliphatic rings. The summed E-state index contributed by atoms with van der Waals surface area (Å²) in [5, 5.41) is 0.262. The molecule has 4 atom stereocenters. The Labute approximate surface area is 325 Å². The topological polar surface area (TPSA) is 81.2 Å². The number of thiazole rings is 2. The van der Waals surface area contributed by atoms with E-state index in [0.717, 1.165) is 30.4 Å². The second-order valence-electron chi connectivity index (χ2n) is 10.8. The van der Waals surface area contributed by atoms with E-state index in [2.05, 4.69) is 48.6 Å². The third kappa shape index (κ3) is 6.84. The molecule has 0 radical (unpaired) electrons. The standard InChI is InChI=1S/C32H36N2O6S8Si2/c1-35-49(36-2,37-3)31(29-33-23-15-7-9-17-25(23)41-29)21-13-11-19-27(31)43-45-47-48-46-44-28-20-12-14-22-32(28,50(38-4,39-5)40-6)30-34-24-16-8-10-18-26(24)42-30/h7-22,27-28H,1-6H3. The molecule has 2 aromatic carbocycles. The van der Waals surface area contributed by atoms with Crippen molar-refractivity contribution in [3.8, 4) is 0 Å². The van der Waals surface area contributed by atoms with E-state index >= 15 is 0 Å². The summed E-state index contributed by atoms with van der Waals surface area (Å²) in [7, 11) is 13.8. The van der Waals surface area contributed by atoms with Crippen LogP contribution in [0.3, 0.4) is 0 Å². The maximum atomic E-state index is 6.19. The minimum atomic E-state index is -3.32. The van der Waals surface area contributed by atoms with E-state index < -0.39 is 27.7 Å². The van der Waals surface area contributed by atoms with Gasteiger partial charge in [-0.05, 0) is 63.6 Å². The fourth-order valence-electron chi connectivity index (χ4n) is 6.41. The molecule has 0 fully saturated rings. The Kier molecular flexibility index (Phi) is 13.6. The van der Waals surface area contributed by atoms with Gasteiger partial charge in [-0.15, -0.1) is 22.7 Å². The Morgan fingerprint density at radius 1 is 0.540 bits per heavy atom. The molecule has 6 rings (SSSR count). The highest BCUT2D eigenvalue weighted by atomic mass is 33.9. The first-order valence-corrected chi connectivity index (χ1v) is 27.9. The first-order valence-electron chi connectivity index (χ1n) is 15.2. The zero-order chi connectivity index (χ0) is 35.2. The third-order valence-corrected chi connectivity index (χ3v) is 30.0. The van der Waals surface area contributed by atoms with Crippen LogP contribution in [0.4, 0.5) is 0 Å². The lowest BCUT2D eigenvalue weighted by molar-refractivity contribution is 0.0998. The average molecular weight is 857 g/mol. The Bertz CT molecular complexity index is 1670. The highest BCUT2D eigenvalue weighted by molar-refractivity contribution is 9.41. The number of hydrogen-bond acceptors (Lipinski definition) is 16. The molecule has 0 saturated carbocycles. The number of para-hydroxylation sites is 2. The average Bonchev–Trinajstić information content (AvgIpc) is 3.81. The van der Waals surface area contributed by atoms with Gasteiger partial charge < -0.3 is 26.6 Å². The zero-order valence-electron chi connectivity index (χ0n) is 28.0. The number of hydrogen-bond donors (Lipinski definition) is 0. The van der Waals surface area contributed by atoms with Crippen molar-refractivity contribution in [2.45, 2.75) is 20.6 Å². The number of benzene rings is 2. The minimum Gasteiger partial charge on any atom is -0.376 e. The summed E-state index contributed by atoms with van der Waals surface area (Å²) in [6, 6.07) is 16.4. The van der Waals surface area contributed by atoms with Crippen LogP contribution in [0.1, 0.15) is 10.0 Å². The summed E-state index contributed by atoms with van der Waals surface area (Å²) in [4.78, 5) is 10.2. The van der Waals surface area contributed by atoms with Crippen molar-refractivity contribution in [2.24, 2.45) is 0 Å². The van der Waals surface area contributed by atoms with Crippen LogP contribution in [0.2, 0.25) is 0 Å². The maximum absolute atomic E-state index is 6.19. The Hall–Kier alpha value is -0.526. The summed E-state index contributed by atoms with van der Waals surface area (Å²) >= 11 is 3.32. The highest BCUT2D eigenvalue weighted by Crippen LogP contribution is 2.60. The van der Waals surface area contributed by atoms with Crippen molar-refractivity contribution in [1.82, 2.24) is 9.97 Å². The van der Waals surface area contributed by atoms with Gasteiger partial charge in [0.05, 0.1) is 30.9 Å². The van der Waals surface area contributed by atoms with Gasteiger partial charge in [0.2, 0.25) is 0 Å². The van der Waals surface area contributed by atoms with Crippen LogP contribution in [-0.2, 0) is 36.6 Å². The SMILES string of the molecule is CO[Si](OC)(OC)C1(c2nc3ccccc3s2)C=CC=CC1SSSSSSC1C=CC=CC1(c1nc2ccccc2s1)[Si](OC)(OC)OC. The molecule has 0 saturated heterocycles. The summed E-state index contributed by atoms with van der Waals surface area (Å²) in [6.45, 7) is 0. The van der Waals surface area contributed by atoms with Gasteiger partial charge >= 0.3 is 17.6 Å². The fraction of sp³-hybridized carbons (Fsp3) is 0.312. The van der Waals surface area contributed by atoms with Gasteiger partial charge in [-0.1, -0.05) is 94.5 Å². The first-order chi connectivity index (χ1) is 24.4. The molecule has 0 bridgehead atoms. The first kappa shape index (κ1) is 39.2. The van der Waals surface area contributed by atoms with E-state index in [9.17, 15) is 0 Å². The summed E-state index contributed by atoms with van der Waals surface area (Å²) in [5.74, 6) is 0. The van der Waals surface area contributed by atoms with Crippen molar-refractivity contribution in [3.05, 3.63) is 107 Å². The number of nitrogens with zero attached hydrogens (tertiary/aromatic N) is 2. The summed E-state index contributed by atoms with van der Waals surface area (Å²) in [6.07, 6.45) is 17.0. The maximum Gasteiger partial charge on any atom is 0.519 e. The molecule has 2 aliphatic carbocycles. The lowest BCUT2D eigenvalue weighted by atomic mass is 9.99. The molecule has 2 aromatic heterocycles. The summed E-state index contributed by atoms with van der Waals surface area (Å²) in [5.41, 5.74) is 1.90. The molecular formula is C32H36N2O6S8Si2. The van der Waals surface area contributed by atoms with Crippen molar-refractivity contribution < 1.29 is 26.6 Å². The van der Waals surface area contributed by atoms with Gasteiger partial charge in [0.15, 0.2) is 0 Å². The Balaban J connectivity index is 1.20. The molecular weight excluding hydrogens is 821 g/mol. The van der Waals surface area contributed by atoms with Gasteiger partial charge in [-0.3, -0.25) is 0 Å². The Morgan fingerprint density at radius 2 is 0.920 bits per heavy atom. The van der Waals surface area contributed by atoms with Crippen molar-refractivity contribution >= 4 is 122 Å². The molecule has 0 aliphatic heterocycles. The van der Waals surface area contributed by atoms with Gasteiger partial charge in [0, 0.05) is 42.7 Å². The molecule has 8 nitrogen and oxygen atoms in total. The van der Waals surface area contributed by atoms with E-state index in [0.29, 0.717) is 0 Å².